The standard InChI is InChI=1S/C16H15N3O2S/c1-3-8-21-11-4-5-12(15(9-11)22(2)20)16-18-13-6-7-17-10-14(13)19-16/h3-7,9-10H,1,8H2,2H3,(H,18,19). The lowest BCUT2D eigenvalue weighted by Gasteiger charge is -2.11. The van der Waals surface area contributed by atoms with Crippen molar-refractivity contribution in [3.8, 4) is 17.1 Å². The van der Waals surface area contributed by atoms with E-state index < -0.39 is 11.2 Å². The van der Waals surface area contributed by atoms with Gasteiger partial charge in [0.2, 0.25) is 0 Å². The lowest BCUT2D eigenvalue weighted by molar-refractivity contribution is 0.362. The van der Waals surface area contributed by atoms with Crippen molar-refractivity contribution in [2.75, 3.05) is 12.9 Å². The Hall–Kier alpha value is -2.31. The molecular weight excluding hydrogens is 298 g/mol. The van der Waals surface area contributed by atoms with Crippen LogP contribution in [0.2, 0.25) is 0 Å². The Labute approximate surface area is 131 Å². The van der Waals surface area contributed by atoms with Gasteiger partial charge < -0.3 is 14.3 Å². The van der Waals surface area contributed by atoms with Crippen LogP contribution in [-0.2, 0) is 11.2 Å². The molecule has 2 aromatic heterocycles. The molecule has 0 aliphatic carbocycles. The van der Waals surface area contributed by atoms with Gasteiger partial charge in [-0.25, -0.2) is 4.98 Å². The summed E-state index contributed by atoms with van der Waals surface area (Å²) in [6, 6.07) is 7.33. The Morgan fingerprint density at radius 1 is 1.41 bits per heavy atom. The smallest absolute Gasteiger partial charge is 0.167 e. The highest BCUT2D eigenvalue weighted by Crippen LogP contribution is 2.30. The summed E-state index contributed by atoms with van der Waals surface area (Å²) in [4.78, 5) is 12.5. The maximum absolute atomic E-state index is 12.1. The molecule has 1 unspecified atom stereocenters. The number of hydrogen-bond donors (Lipinski definition) is 1. The van der Waals surface area contributed by atoms with Gasteiger partial charge in [-0.3, -0.25) is 4.98 Å². The van der Waals surface area contributed by atoms with E-state index in [1.165, 1.54) is 0 Å². The number of rotatable bonds is 5. The van der Waals surface area contributed by atoms with Crippen LogP contribution >= 0.6 is 0 Å². The van der Waals surface area contributed by atoms with E-state index in [9.17, 15) is 4.55 Å². The third-order valence-corrected chi connectivity index (χ3v) is 4.13. The Morgan fingerprint density at radius 2 is 2.27 bits per heavy atom. The van der Waals surface area contributed by atoms with Crippen LogP contribution in [0.25, 0.3) is 22.4 Å². The van der Waals surface area contributed by atoms with Gasteiger partial charge in [-0.15, -0.1) is 0 Å². The number of pyridine rings is 1. The fraction of sp³-hybridized carbons (Fsp3) is 0.125. The Kier molecular flexibility index (Phi) is 4.13. The van der Waals surface area contributed by atoms with Crippen LogP contribution in [-0.4, -0.2) is 32.4 Å². The van der Waals surface area contributed by atoms with Crippen LogP contribution in [0, 0.1) is 0 Å². The molecule has 0 saturated heterocycles. The van der Waals surface area contributed by atoms with E-state index in [2.05, 4.69) is 21.5 Å². The number of fused-ring (bicyclic) bond motifs is 1. The van der Waals surface area contributed by atoms with Gasteiger partial charge in [-0.2, -0.15) is 0 Å². The van der Waals surface area contributed by atoms with Gasteiger partial charge in [-0.05, 0) is 29.4 Å². The first-order valence-electron chi connectivity index (χ1n) is 6.70. The second-order valence-corrected chi connectivity index (χ2v) is 6.04. The molecule has 0 aliphatic heterocycles. The van der Waals surface area contributed by atoms with Gasteiger partial charge in [0.05, 0.1) is 17.3 Å². The maximum Gasteiger partial charge on any atom is 0.167 e. The van der Waals surface area contributed by atoms with Crippen LogP contribution in [0.15, 0.2) is 54.2 Å². The minimum atomic E-state index is -1.16. The van der Waals surface area contributed by atoms with Crippen molar-refractivity contribution in [3.05, 3.63) is 49.3 Å². The SMILES string of the molecule is C=CCOc1ccc(-c2nc3cnccc3[nH]2)c([S+](C)[O-])c1. The zero-order valence-electron chi connectivity index (χ0n) is 12.1. The van der Waals surface area contributed by atoms with Crippen molar-refractivity contribution in [2.45, 2.75) is 4.90 Å². The summed E-state index contributed by atoms with van der Waals surface area (Å²) < 4.78 is 17.6. The molecule has 0 saturated carbocycles. The molecule has 0 spiro atoms. The average Bonchev–Trinajstić information content (AvgIpc) is 2.96. The minimum absolute atomic E-state index is 0.408. The molecule has 0 bridgehead atoms. The fourth-order valence-electron chi connectivity index (χ4n) is 2.17. The van der Waals surface area contributed by atoms with Crippen LogP contribution < -0.4 is 4.74 Å². The molecule has 3 rings (SSSR count). The van der Waals surface area contributed by atoms with Gasteiger partial charge in [-0.1, -0.05) is 12.7 Å². The summed E-state index contributed by atoms with van der Waals surface area (Å²) in [5.41, 5.74) is 2.46. The highest BCUT2D eigenvalue weighted by atomic mass is 32.2. The van der Waals surface area contributed by atoms with E-state index in [4.69, 9.17) is 4.74 Å². The molecule has 6 heteroatoms. The number of H-pyrrole nitrogens is 1. The summed E-state index contributed by atoms with van der Waals surface area (Å²) in [6.45, 7) is 4.02. The van der Waals surface area contributed by atoms with Crippen molar-refractivity contribution < 1.29 is 9.29 Å². The van der Waals surface area contributed by atoms with E-state index in [0.29, 0.717) is 23.1 Å². The molecule has 2 heterocycles. The van der Waals surface area contributed by atoms with E-state index in [-0.39, 0.29) is 0 Å². The third-order valence-electron chi connectivity index (χ3n) is 3.17. The summed E-state index contributed by atoms with van der Waals surface area (Å²) in [5, 5.41) is 0. The van der Waals surface area contributed by atoms with Crippen molar-refractivity contribution in [1.82, 2.24) is 15.0 Å². The van der Waals surface area contributed by atoms with E-state index in [0.717, 1.165) is 16.6 Å². The zero-order chi connectivity index (χ0) is 15.5. The summed E-state index contributed by atoms with van der Waals surface area (Å²) in [6.07, 6.45) is 6.71. The van der Waals surface area contributed by atoms with E-state index in [1.807, 2.05) is 18.2 Å². The summed E-state index contributed by atoms with van der Waals surface area (Å²) in [7, 11) is 0. The monoisotopic (exact) mass is 313 g/mol. The topological polar surface area (TPSA) is 73.9 Å². The summed E-state index contributed by atoms with van der Waals surface area (Å²) >= 11 is -1.16. The van der Waals surface area contributed by atoms with Crippen molar-refractivity contribution in [3.63, 3.8) is 0 Å². The second kappa shape index (κ2) is 6.21. The van der Waals surface area contributed by atoms with E-state index >= 15 is 0 Å². The van der Waals surface area contributed by atoms with Crippen LogP contribution in [0.5, 0.6) is 5.75 Å². The molecule has 0 fully saturated rings. The molecule has 5 nitrogen and oxygen atoms in total. The highest BCUT2D eigenvalue weighted by molar-refractivity contribution is 7.90. The first kappa shape index (κ1) is 14.6. The highest BCUT2D eigenvalue weighted by Gasteiger charge is 2.18. The number of aromatic nitrogens is 3. The first-order chi connectivity index (χ1) is 10.7. The largest absolute Gasteiger partial charge is 0.612 e. The molecule has 0 radical (unpaired) electrons. The van der Waals surface area contributed by atoms with Crippen LogP contribution in [0.3, 0.4) is 0 Å². The zero-order valence-corrected chi connectivity index (χ0v) is 12.9. The second-order valence-electron chi connectivity index (χ2n) is 4.69. The quantitative estimate of drug-likeness (QED) is 0.580. The number of nitrogens with one attached hydrogen (secondary N) is 1. The van der Waals surface area contributed by atoms with Gasteiger partial charge in [0.15, 0.2) is 4.90 Å². The Balaban J connectivity index is 2.06. The number of ether oxygens (including phenoxy) is 1. The third kappa shape index (κ3) is 2.84. The predicted octanol–water partition coefficient (Wildman–Crippen LogP) is 2.93. The van der Waals surface area contributed by atoms with Gasteiger partial charge in [0.25, 0.3) is 0 Å². The van der Waals surface area contributed by atoms with Crippen molar-refractivity contribution >= 4 is 22.2 Å². The van der Waals surface area contributed by atoms with Crippen LogP contribution in [0.1, 0.15) is 0 Å². The number of imidazole rings is 1. The van der Waals surface area contributed by atoms with Gasteiger partial charge in [0, 0.05) is 12.3 Å². The number of hydrogen-bond acceptors (Lipinski definition) is 4. The number of nitrogens with zero attached hydrogens (tertiary/aromatic N) is 2. The molecule has 3 aromatic rings. The minimum Gasteiger partial charge on any atom is -0.612 e. The lowest BCUT2D eigenvalue weighted by Crippen LogP contribution is -2.02. The average molecular weight is 313 g/mol. The Morgan fingerprint density at radius 3 is 3.00 bits per heavy atom. The number of benzene rings is 1. The van der Waals surface area contributed by atoms with Gasteiger partial charge >= 0.3 is 0 Å². The summed E-state index contributed by atoms with van der Waals surface area (Å²) in [5.74, 6) is 1.33. The fourth-order valence-corrected chi connectivity index (χ4v) is 2.92. The molecule has 1 atom stereocenters. The molecule has 22 heavy (non-hydrogen) atoms. The van der Waals surface area contributed by atoms with Gasteiger partial charge in [0.1, 0.15) is 30.0 Å². The maximum atomic E-state index is 12.1. The van der Waals surface area contributed by atoms with E-state index in [1.54, 1.807) is 30.8 Å². The Bertz CT molecular complexity index is 781. The first-order valence-corrected chi connectivity index (χ1v) is 8.26. The van der Waals surface area contributed by atoms with Crippen LogP contribution in [0.4, 0.5) is 0 Å². The predicted molar refractivity (Wildman–Crippen MR) is 87.3 cm³/mol. The molecule has 0 amide bonds. The van der Waals surface area contributed by atoms with Crippen molar-refractivity contribution in [2.24, 2.45) is 0 Å². The lowest BCUT2D eigenvalue weighted by atomic mass is 10.2. The normalized spacial score (nSPS) is 12.3. The van der Waals surface area contributed by atoms with Crippen molar-refractivity contribution in [1.29, 1.82) is 0 Å². The molecule has 1 N–H and O–H groups in total. The molecule has 1 aromatic carbocycles. The molecular formula is C16H15N3O2S. The molecule has 0 aliphatic rings. The number of aromatic amines is 1. The molecule has 112 valence electrons.